The Balaban J connectivity index is 3.11. The van der Waals surface area contributed by atoms with Gasteiger partial charge in [0.05, 0.1) is 5.69 Å². The summed E-state index contributed by atoms with van der Waals surface area (Å²) in [7, 11) is 2.93. The highest BCUT2D eigenvalue weighted by atomic mass is 19.1. The topological polar surface area (TPSA) is 67.2 Å². The van der Waals surface area contributed by atoms with E-state index < -0.39 is 12.1 Å². The minimum atomic E-state index is -0.599. The minimum Gasteiger partial charge on any atom is -0.352 e. The van der Waals surface area contributed by atoms with Crippen molar-refractivity contribution in [1.82, 2.24) is 0 Å². The molecule has 0 unspecified atom stereocenters. The highest BCUT2D eigenvalue weighted by Gasteiger charge is 2.10. The maximum atomic E-state index is 13.1. The molecule has 0 aliphatic carbocycles. The lowest BCUT2D eigenvalue weighted by Gasteiger charge is -2.13. The van der Waals surface area contributed by atoms with Crippen LogP contribution in [0, 0.1) is 5.82 Å². The first kappa shape index (κ1) is 11.5. The number of hydrogen-bond donors (Lipinski definition) is 0. The van der Waals surface area contributed by atoms with E-state index in [4.69, 9.17) is 15.0 Å². The Morgan fingerprint density at radius 1 is 1.40 bits per heavy atom. The average molecular weight is 211 g/mol. The normalized spacial score (nSPS) is 10.1. The van der Waals surface area contributed by atoms with Crippen LogP contribution in [0.15, 0.2) is 23.3 Å². The van der Waals surface area contributed by atoms with Gasteiger partial charge in [-0.2, -0.15) is 0 Å². The van der Waals surface area contributed by atoms with Gasteiger partial charge in [-0.1, -0.05) is 11.2 Å². The van der Waals surface area contributed by atoms with Crippen molar-refractivity contribution in [2.75, 3.05) is 14.2 Å². The molecular formula is C9H10FN3O2. The first-order chi connectivity index (χ1) is 7.22. The predicted octanol–water partition coefficient (Wildman–Crippen LogP) is 3.06. The van der Waals surface area contributed by atoms with Crippen molar-refractivity contribution in [3.8, 4) is 0 Å². The number of halogens is 1. The van der Waals surface area contributed by atoms with Gasteiger partial charge in [-0.05, 0) is 17.7 Å². The molecule has 0 N–H and O–H groups in total. The zero-order valence-corrected chi connectivity index (χ0v) is 8.35. The van der Waals surface area contributed by atoms with Crippen LogP contribution in [0.2, 0.25) is 0 Å². The van der Waals surface area contributed by atoms with E-state index in [9.17, 15) is 4.39 Å². The van der Waals surface area contributed by atoms with Gasteiger partial charge in [-0.25, -0.2) is 4.39 Å². The molecule has 6 heteroatoms. The number of azide groups is 1. The minimum absolute atomic E-state index is 0.0749. The molecule has 80 valence electrons. The first-order valence-corrected chi connectivity index (χ1v) is 4.13. The molecule has 1 rings (SSSR count). The molecule has 0 atom stereocenters. The van der Waals surface area contributed by atoms with Crippen molar-refractivity contribution < 1.29 is 13.9 Å². The van der Waals surface area contributed by atoms with Crippen LogP contribution in [0.1, 0.15) is 11.9 Å². The van der Waals surface area contributed by atoms with Crippen molar-refractivity contribution in [1.29, 1.82) is 0 Å². The standard InChI is InChI=1S/C9H10FN3O2/c1-14-9(15-2)6-3-4-7(10)8(5-6)12-13-11/h3-5,9H,1-2H3. The van der Waals surface area contributed by atoms with E-state index in [0.717, 1.165) is 0 Å². The number of hydrogen-bond acceptors (Lipinski definition) is 3. The van der Waals surface area contributed by atoms with E-state index >= 15 is 0 Å². The van der Waals surface area contributed by atoms with Crippen molar-refractivity contribution in [3.05, 3.63) is 40.0 Å². The third kappa shape index (κ3) is 2.66. The van der Waals surface area contributed by atoms with Crippen molar-refractivity contribution in [2.24, 2.45) is 5.11 Å². The molecular weight excluding hydrogens is 201 g/mol. The fourth-order valence-corrected chi connectivity index (χ4v) is 1.17. The summed E-state index contributed by atoms with van der Waals surface area (Å²) < 4.78 is 23.0. The zero-order chi connectivity index (χ0) is 11.3. The molecule has 0 aliphatic rings. The molecule has 0 amide bonds. The van der Waals surface area contributed by atoms with Crippen LogP contribution in [0.5, 0.6) is 0 Å². The van der Waals surface area contributed by atoms with E-state index in [2.05, 4.69) is 10.0 Å². The van der Waals surface area contributed by atoms with Crippen molar-refractivity contribution in [2.45, 2.75) is 6.29 Å². The van der Waals surface area contributed by atoms with Crippen molar-refractivity contribution >= 4 is 5.69 Å². The third-order valence-corrected chi connectivity index (χ3v) is 1.82. The second-order valence-corrected chi connectivity index (χ2v) is 2.70. The number of rotatable bonds is 4. The van der Waals surface area contributed by atoms with Crippen LogP contribution in [0.4, 0.5) is 10.1 Å². The van der Waals surface area contributed by atoms with Gasteiger partial charge in [0.25, 0.3) is 0 Å². The average Bonchev–Trinajstić information content (AvgIpc) is 2.25. The molecule has 15 heavy (non-hydrogen) atoms. The monoisotopic (exact) mass is 211 g/mol. The Kier molecular flexibility index (Phi) is 4.05. The molecule has 0 aromatic heterocycles. The molecule has 5 nitrogen and oxygen atoms in total. The van der Waals surface area contributed by atoms with Gasteiger partial charge < -0.3 is 9.47 Å². The summed E-state index contributed by atoms with van der Waals surface area (Å²) >= 11 is 0. The Morgan fingerprint density at radius 3 is 2.60 bits per heavy atom. The van der Waals surface area contributed by atoms with Crippen LogP contribution in [-0.4, -0.2) is 14.2 Å². The van der Waals surface area contributed by atoms with E-state index in [1.54, 1.807) is 0 Å². The molecule has 0 saturated heterocycles. The molecule has 0 saturated carbocycles. The maximum absolute atomic E-state index is 13.1. The maximum Gasteiger partial charge on any atom is 0.183 e. The second-order valence-electron chi connectivity index (χ2n) is 2.70. The van der Waals surface area contributed by atoms with Gasteiger partial charge in [-0.15, -0.1) is 0 Å². The number of methoxy groups -OCH3 is 2. The molecule has 1 aromatic rings. The third-order valence-electron chi connectivity index (χ3n) is 1.82. The summed E-state index contributed by atoms with van der Waals surface area (Å²) in [6.45, 7) is 0. The summed E-state index contributed by atoms with van der Waals surface area (Å²) in [5.74, 6) is -0.581. The Hall–Kier alpha value is -1.62. The van der Waals surface area contributed by atoms with E-state index in [-0.39, 0.29) is 5.69 Å². The molecule has 0 heterocycles. The van der Waals surface area contributed by atoms with Gasteiger partial charge in [0.1, 0.15) is 5.82 Å². The molecule has 0 radical (unpaired) electrons. The first-order valence-electron chi connectivity index (χ1n) is 4.13. The summed E-state index contributed by atoms with van der Waals surface area (Å²) in [5, 5.41) is 3.21. The molecule has 1 aromatic carbocycles. The summed E-state index contributed by atoms with van der Waals surface area (Å²) in [4.78, 5) is 2.52. The molecule has 0 bridgehead atoms. The van der Waals surface area contributed by atoms with Gasteiger partial charge in [0.15, 0.2) is 6.29 Å². The highest BCUT2D eigenvalue weighted by Crippen LogP contribution is 2.25. The molecule has 0 aliphatic heterocycles. The predicted molar refractivity (Wildman–Crippen MR) is 52.0 cm³/mol. The Bertz CT molecular complexity index is 387. The fraction of sp³-hybridized carbons (Fsp3) is 0.333. The Labute approximate surface area is 86.1 Å². The smallest absolute Gasteiger partial charge is 0.183 e. The van der Waals surface area contributed by atoms with Crippen LogP contribution >= 0.6 is 0 Å². The SMILES string of the molecule is COC(OC)c1ccc(F)c(N=[N+]=[N-])c1. The van der Waals surface area contributed by atoms with Crippen LogP contribution in [-0.2, 0) is 9.47 Å². The van der Waals surface area contributed by atoms with Crippen LogP contribution in [0.3, 0.4) is 0 Å². The van der Waals surface area contributed by atoms with E-state index in [0.29, 0.717) is 5.56 Å². The van der Waals surface area contributed by atoms with Gasteiger partial charge in [0, 0.05) is 24.7 Å². The lowest BCUT2D eigenvalue weighted by atomic mass is 10.2. The van der Waals surface area contributed by atoms with E-state index in [1.165, 1.54) is 32.4 Å². The lowest BCUT2D eigenvalue weighted by molar-refractivity contribution is -0.106. The lowest BCUT2D eigenvalue weighted by Crippen LogP contribution is -2.03. The largest absolute Gasteiger partial charge is 0.352 e. The quantitative estimate of drug-likeness (QED) is 0.332. The number of ether oxygens (including phenoxy) is 2. The fourth-order valence-electron chi connectivity index (χ4n) is 1.17. The second kappa shape index (κ2) is 5.31. The van der Waals surface area contributed by atoms with Crippen LogP contribution in [0.25, 0.3) is 10.4 Å². The van der Waals surface area contributed by atoms with Crippen LogP contribution < -0.4 is 0 Å². The van der Waals surface area contributed by atoms with E-state index in [1.807, 2.05) is 0 Å². The highest BCUT2D eigenvalue weighted by molar-refractivity contribution is 5.42. The van der Waals surface area contributed by atoms with Gasteiger partial charge in [-0.3, -0.25) is 0 Å². The summed E-state index contributed by atoms with van der Waals surface area (Å²) in [6.07, 6.45) is -0.599. The van der Waals surface area contributed by atoms with Gasteiger partial charge >= 0.3 is 0 Å². The summed E-state index contributed by atoms with van der Waals surface area (Å²) in [5.41, 5.74) is 8.73. The number of nitrogens with zero attached hydrogens (tertiary/aromatic N) is 3. The number of benzene rings is 1. The summed E-state index contributed by atoms with van der Waals surface area (Å²) in [6, 6.07) is 4.08. The van der Waals surface area contributed by atoms with Gasteiger partial charge in [0.2, 0.25) is 0 Å². The Morgan fingerprint density at radius 2 is 2.07 bits per heavy atom. The zero-order valence-electron chi connectivity index (χ0n) is 8.35. The molecule has 0 spiro atoms. The van der Waals surface area contributed by atoms with Crippen molar-refractivity contribution in [3.63, 3.8) is 0 Å². The molecule has 0 fully saturated rings.